The summed E-state index contributed by atoms with van der Waals surface area (Å²) >= 11 is 5.89. The van der Waals surface area contributed by atoms with Gasteiger partial charge in [0.1, 0.15) is 11.5 Å². The number of nitrogens with one attached hydrogen (secondary N) is 2. The van der Waals surface area contributed by atoms with Crippen LogP contribution in [0.5, 0.6) is 5.75 Å². The fraction of sp³-hybridized carbons (Fsp3) is 0.154. The minimum atomic E-state index is -0.826. The molecule has 3 rings (SSSR count). The summed E-state index contributed by atoms with van der Waals surface area (Å²) in [5.74, 6) is -1.50. The summed E-state index contributed by atoms with van der Waals surface area (Å²) in [6.07, 6.45) is 0. The second-order valence-corrected chi connectivity index (χ2v) is 4.85. The van der Waals surface area contributed by atoms with Crippen molar-refractivity contribution in [3.63, 3.8) is 0 Å². The van der Waals surface area contributed by atoms with Crippen molar-refractivity contribution in [2.75, 3.05) is 12.4 Å². The Hall–Kier alpha value is -2.41. The first-order valence-electron chi connectivity index (χ1n) is 5.89. The van der Waals surface area contributed by atoms with Gasteiger partial charge in [0.15, 0.2) is 5.75 Å². The lowest BCUT2D eigenvalue weighted by Gasteiger charge is -2.15. The minimum absolute atomic E-state index is 0.0232. The summed E-state index contributed by atoms with van der Waals surface area (Å²) < 4.78 is 18.8. The predicted molar refractivity (Wildman–Crippen MR) is 73.8 cm³/mol. The van der Waals surface area contributed by atoms with Gasteiger partial charge in [0.25, 0.3) is 16.8 Å². The van der Waals surface area contributed by atoms with Gasteiger partial charge >= 0.3 is 0 Å². The highest BCUT2D eigenvalue weighted by Crippen LogP contribution is 2.35. The molecular formula is C13H8ClFN2O4. The van der Waals surface area contributed by atoms with Crippen LogP contribution in [0.15, 0.2) is 15.7 Å². The fourth-order valence-corrected chi connectivity index (χ4v) is 2.52. The van der Waals surface area contributed by atoms with E-state index in [9.17, 15) is 18.8 Å². The molecule has 0 bridgehead atoms. The monoisotopic (exact) mass is 310 g/mol. The first kappa shape index (κ1) is 13.6. The van der Waals surface area contributed by atoms with Crippen LogP contribution in [0, 0.1) is 5.82 Å². The Morgan fingerprint density at radius 1 is 1.29 bits per heavy atom. The lowest BCUT2D eigenvalue weighted by atomic mass is 10.1. The summed E-state index contributed by atoms with van der Waals surface area (Å²) in [7, 11) is 1.22. The molecule has 2 aromatic carbocycles. The summed E-state index contributed by atoms with van der Waals surface area (Å²) in [4.78, 5) is 34.6. The number of hydrogen-bond donors (Lipinski definition) is 2. The van der Waals surface area contributed by atoms with Crippen LogP contribution in [0.2, 0.25) is 5.02 Å². The second kappa shape index (κ2) is 4.56. The van der Waals surface area contributed by atoms with E-state index in [1.807, 2.05) is 0 Å². The second-order valence-electron chi connectivity index (χ2n) is 4.44. The van der Waals surface area contributed by atoms with E-state index in [2.05, 4.69) is 10.6 Å². The van der Waals surface area contributed by atoms with Crippen molar-refractivity contribution in [1.82, 2.24) is 5.32 Å². The molecule has 0 saturated heterocycles. The largest absolute Gasteiger partial charge is 0.491 e. The fourth-order valence-electron chi connectivity index (χ4n) is 2.27. The van der Waals surface area contributed by atoms with Crippen LogP contribution in [0.4, 0.5) is 15.8 Å². The number of amides is 1. The van der Waals surface area contributed by atoms with Crippen molar-refractivity contribution in [2.45, 2.75) is 6.54 Å². The molecule has 0 radical (unpaired) electrons. The molecule has 2 aromatic rings. The number of carbonyl (C=O) groups excluding carboxylic acids is 1. The van der Waals surface area contributed by atoms with Gasteiger partial charge in [-0.1, -0.05) is 11.6 Å². The standard InChI is InChI=1S/C13H8ClFN2O4/c1-21-12-9(10(18)11(12)19)17-8-6(15)2-5(14)4-3-16-13(20)7(4)8/h2,17H,3H2,1H3,(H,16,20). The normalized spacial score (nSPS) is 13.2. The lowest BCUT2D eigenvalue weighted by molar-refractivity contribution is 0.0966. The first-order valence-corrected chi connectivity index (χ1v) is 6.27. The van der Waals surface area contributed by atoms with Crippen LogP contribution in [0.1, 0.15) is 15.9 Å². The number of anilines is 2. The molecule has 1 heterocycles. The third kappa shape index (κ3) is 1.81. The molecule has 8 heteroatoms. The highest BCUT2D eigenvalue weighted by molar-refractivity contribution is 6.32. The van der Waals surface area contributed by atoms with E-state index >= 15 is 0 Å². The predicted octanol–water partition coefficient (Wildman–Crippen LogP) is 1.07. The number of ether oxygens (including phenoxy) is 1. The van der Waals surface area contributed by atoms with Crippen molar-refractivity contribution in [1.29, 1.82) is 0 Å². The Morgan fingerprint density at radius 3 is 2.67 bits per heavy atom. The highest BCUT2D eigenvalue weighted by atomic mass is 35.5. The molecule has 0 aromatic heterocycles. The van der Waals surface area contributed by atoms with E-state index in [0.29, 0.717) is 5.56 Å². The third-order valence-electron chi connectivity index (χ3n) is 3.31. The zero-order valence-electron chi connectivity index (χ0n) is 10.7. The molecule has 1 aliphatic rings. The number of hydrogen-bond acceptors (Lipinski definition) is 5. The van der Waals surface area contributed by atoms with Crippen molar-refractivity contribution in [3.8, 4) is 5.75 Å². The van der Waals surface area contributed by atoms with Crippen LogP contribution in [0.25, 0.3) is 0 Å². The molecule has 0 aliphatic carbocycles. The number of fused-ring (bicyclic) bond motifs is 1. The topological polar surface area (TPSA) is 84.5 Å². The van der Waals surface area contributed by atoms with Crippen molar-refractivity contribution in [3.05, 3.63) is 48.5 Å². The molecule has 6 nitrogen and oxygen atoms in total. The van der Waals surface area contributed by atoms with Gasteiger partial charge in [-0.15, -0.1) is 0 Å². The Kier molecular flexibility index (Phi) is 2.94. The highest BCUT2D eigenvalue weighted by Gasteiger charge is 2.30. The average Bonchev–Trinajstić information content (AvgIpc) is 2.84. The molecule has 2 N–H and O–H groups in total. The number of rotatable bonds is 3. The number of carbonyl (C=O) groups is 1. The Labute approximate surface area is 122 Å². The maximum absolute atomic E-state index is 14.1. The summed E-state index contributed by atoms with van der Waals surface area (Å²) in [5.41, 5.74) is -1.54. The van der Waals surface area contributed by atoms with E-state index in [-0.39, 0.29) is 34.3 Å². The number of benzene rings is 1. The number of halogens is 2. The third-order valence-corrected chi connectivity index (χ3v) is 3.64. The molecule has 0 spiro atoms. The van der Waals surface area contributed by atoms with Gasteiger partial charge in [0.05, 0.1) is 18.4 Å². The van der Waals surface area contributed by atoms with Gasteiger partial charge in [-0.3, -0.25) is 14.4 Å². The Balaban J connectivity index is 2.15. The van der Waals surface area contributed by atoms with Crippen LogP contribution >= 0.6 is 11.6 Å². The van der Waals surface area contributed by atoms with Crippen LogP contribution in [0.3, 0.4) is 0 Å². The summed E-state index contributed by atoms with van der Waals surface area (Å²) in [6.45, 7) is 0.172. The first-order chi connectivity index (χ1) is 9.95. The zero-order valence-corrected chi connectivity index (χ0v) is 11.4. The summed E-state index contributed by atoms with van der Waals surface area (Å²) in [5, 5.41) is 5.11. The molecule has 0 fully saturated rings. The van der Waals surface area contributed by atoms with Crippen molar-refractivity contribution >= 4 is 28.9 Å². The quantitative estimate of drug-likeness (QED) is 0.829. The zero-order chi connectivity index (χ0) is 15.3. The van der Waals surface area contributed by atoms with Crippen molar-refractivity contribution in [2.24, 2.45) is 0 Å². The van der Waals surface area contributed by atoms with Gasteiger partial charge in [-0.2, -0.15) is 0 Å². The molecule has 0 saturated carbocycles. The van der Waals surface area contributed by atoms with Gasteiger partial charge < -0.3 is 15.4 Å². The van der Waals surface area contributed by atoms with E-state index in [1.54, 1.807) is 0 Å². The lowest BCUT2D eigenvalue weighted by Crippen LogP contribution is -2.34. The van der Waals surface area contributed by atoms with Gasteiger partial charge in [-0.25, -0.2) is 4.39 Å². The van der Waals surface area contributed by atoms with Crippen molar-refractivity contribution < 1.29 is 13.9 Å². The van der Waals surface area contributed by atoms with Gasteiger partial charge in [-0.05, 0) is 6.07 Å². The summed E-state index contributed by atoms with van der Waals surface area (Å²) in [6, 6.07) is 1.04. The van der Waals surface area contributed by atoms with E-state index in [1.165, 1.54) is 7.11 Å². The maximum atomic E-state index is 14.1. The van der Waals surface area contributed by atoms with Crippen LogP contribution in [-0.4, -0.2) is 13.0 Å². The molecule has 0 atom stereocenters. The van der Waals surface area contributed by atoms with Gasteiger partial charge in [0.2, 0.25) is 0 Å². The van der Waals surface area contributed by atoms with E-state index in [4.69, 9.17) is 16.3 Å². The van der Waals surface area contributed by atoms with Gasteiger partial charge in [0, 0.05) is 17.1 Å². The Morgan fingerprint density at radius 2 is 2.00 bits per heavy atom. The molecule has 108 valence electrons. The van der Waals surface area contributed by atoms with Crippen LogP contribution < -0.4 is 26.2 Å². The Bertz CT molecular complexity index is 855. The SMILES string of the molecule is COc1c(Nc2c(F)cc(Cl)c3c2C(=O)NC3)c(=O)c1=O. The molecule has 1 amide bonds. The van der Waals surface area contributed by atoms with E-state index in [0.717, 1.165) is 6.07 Å². The van der Waals surface area contributed by atoms with E-state index < -0.39 is 22.6 Å². The van der Waals surface area contributed by atoms with Crippen LogP contribution in [-0.2, 0) is 6.54 Å². The molecular weight excluding hydrogens is 303 g/mol. The molecule has 21 heavy (non-hydrogen) atoms. The molecule has 1 aliphatic heterocycles. The maximum Gasteiger partial charge on any atom is 0.272 e. The molecule has 0 unspecified atom stereocenters. The average molecular weight is 311 g/mol. The minimum Gasteiger partial charge on any atom is -0.491 e. The smallest absolute Gasteiger partial charge is 0.272 e. The number of methoxy groups -OCH3 is 1.